The van der Waals surface area contributed by atoms with Gasteiger partial charge in [-0.3, -0.25) is 4.79 Å². The van der Waals surface area contributed by atoms with Gasteiger partial charge in [0.05, 0.1) is 12.0 Å². The van der Waals surface area contributed by atoms with Crippen molar-refractivity contribution < 1.29 is 14.6 Å². The van der Waals surface area contributed by atoms with Crippen LogP contribution in [0.3, 0.4) is 0 Å². The summed E-state index contributed by atoms with van der Waals surface area (Å²) in [5.74, 6) is 0.701. The quantitative estimate of drug-likeness (QED) is 0.768. The summed E-state index contributed by atoms with van der Waals surface area (Å²) >= 11 is 0. The smallest absolute Gasteiger partial charge is 0.223 e. The first kappa shape index (κ1) is 17.8. The number of nitrogens with zero attached hydrogens (tertiary/aromatic N) is 1. The molecule has 1 aromatic carbocycles. The molecule has 0 atom stereocenters. The van der Waals surface area contributed by atoms with Crippen LogP contribution in [-0.2, 0) is 11.3 Å². The van der Waals surface area contributed by atoms with E-state index in [1.54, 1.807) is 0 Å². The van der Waals surface area contributed by atoms with Crippen LogP contribution in [0, 0.1) is 0 Å². The highest BCUT2D eigenvalue weighted by Crippen LogP contribution is 2.32. The lowest BCUT2D eigenvalue weighted by Gasteiger charge is -2.21. The molecule has 5 heteroatoms. The summed E-state index contributed by atoms with van der Waals surface area (Å²) in [5, 5.41) is 13.2. The second-order valence-electron chi connectivity index (χ2n) is 6.64. The molecule has 0 aromatic heterocycles. The fourth-order valence-electron chi connectivity index (χ4n) is 2.89. The van der Waals surface area contributed by atoms with Gasteiger partial charge in [0.15, 0.2) is 0 Å². The Balaban J connectivity index is 1.83. The van der Waals surface area contributed by atoms with E-state index in [0.29, 0.717) is 13.2 Å². The van der Waals surface area contributed by atoms with Crippen LogP contribution in [0.25, 0.3) is 0 Å². The number of aliphatic hydroxyl groups is 1. The van der Waals surface area contributed by atoms with E-state index in [9.17, 15) is 9.90 Å². The van der Waals surface area contributed by atoms with E-state index in [1.807, 2.05) is 38.4 Å². The highest BCUT2D eigenvalue weighted by atomic mass is 16.5. The van der Waals surface area contributed by atoms with Gasteiger partial charge in [-0.15, -0.1) is 0 Å². The summed E-state index contributed by atoms with van der Waals surface area (Å²) < 4.78 is 5.79. The second kappa shape index (κ2) is 8.31. The molecule has 23 heavy (non-hydrogen) atoms. The van der Waals surface area contributed by atoms with Gasteiger partial charge in [-0.2, -0.15) is 0 Å². The maximum atomic E-state index is 12.1. The largest absolute Gasteiger partial charge is 0.492 e. The molecule has 0 spiro atoms. The van der Waals surface area contributed by atoms with Crippen molar-refractivity contribution in [1.29, 1.82) is 0 Å². The molecule has 0 bridgehead atoms. The molecule has 0 aliphatic heterocycles. The zero-order valence-corrected chi connectivity index (χ0v) is 14.2. The van der Waals surface area contributed by atoms with Crippen molar-refractivity contribution in [3.8, 4) is 5.75 Å². The topological polar surface area (TPSA) is 61.8 Å². The Morgan fingerprint density at radius 3 is 2.70 bits per heavy atom. The maximum Gasteiger partial charge on any atom is 0.223 e. The van der Waals surface area contributed by atoms with Crippen molar-refractivity contribution in [2.45, 2.75) is 44.2 Å². The molecule has 128 valence electrons. The van der Waals surface area contributed by atoms with Crippen molar-refractivity contribution in [2.75, 3.05) is 27.2 Å². The molecule has 0 radical (unpaired) electrons. The van der Waals surface area contributed by atoms with Crippen molar-refractivity contribution in [3.05, 3.63) is 29.8 Å². The molecule has 2 rings (SSSR count). The van der Waals surface area contributed by atoms with Crippen LogP contribution >= 0.6 is 0 Å². The van der Waals surface area contributed by atoms with E-state index in [0.717, 1.165) is 43.5 Å². The summed E-state index contributed by atoms with van der Waals surface area (Å²) in [7, 11) is 4.01. The summed E-state index contributed by atoms with van der Waals surface area (Å²) in [5.41, 5.74) is 0.157. The molecule has 2 N–H and O–H groups in total. The van der Waals surface area contributed by atoms with Gasteiger partial charge in [0.1, 0.15) is 12.4 Å². The first-order valence-corrected chi connectivity index (χ1v) is 8.33. The van der Waals surface area contributed by atoms with E-state index < -0.39 is 5.60 Å². The van der Waals surface area contributed by atoms with E-state index in [4.69, 9.17) is 4.74 Å². The summed E-state index contributed by atoms with van der Waals surface area (Å²) in [4.78, 5) is 14.1. The van der Waals surface area contributed by atoms with Gasteiger partial charge in [-0.1, -0.05) is 31.0 Å². The SMILES string of the molecule is CN(C)CCOc1ccccc1CNC(=O)CC1(O)CCCC1. The number of nitrogens with one attached hydrogen (secondary N) is 1. The van der Waals surface area contributed by atoms with Crippen LogP contribution < -0.4 is 10.1 Å². The minimum atomic E-state index is -0.800. The van der Waals surface area contributed by atoms with Crippen LogP contribution in [0.4, 0.5) is 0 Å². The van der Waals surface area contributed by atoms with Gasteiger partial charge in [0.25, 0.3) is 0 Å². The van der Waals surface area contributed by atoms with E-state index in [2.05, 4.69) is 10.2 Å². The highest BCUT2D eigenvalue weighted by molar-refractivity contribution is 5.77. The fraction of sp³-hybridized carbons (Fsp3) is 0.611. The number of carbonyl (C=O) groups is 1. The third kappa shape index (κ3) is 5.84. The summed E-state index contributed by atoms with van der Waals surface area (Å²) in [6.45, 7) is 1.87. The van der Waals surface area contributed by atoms with E-state index in [-0.39, 0.29) is 12.3 Å². The molecule has 0 heterocycles. The van der Waals surface area contributed by atoms with Crippen molar-refractivity contribution in [1.82, 2.24) is 10.2 Å². The van der Waals surface area contributed by atoms with Crippen LogP contribution in [0.1, 0.15) is 37.7 Å². The highest BCUT2D eigenvalue weighted by Gasteiger charge is 2.33. The molecule has 1 amide bonds. The number of benzene rings is 1. The molecular formula is C18H28N2O3. The summed E-state index contributed by atoms with van der Waals surface area (Å²) in [6.07, 6.45) is 3.66. The Kier molecular flexibility index (Phi) is 6.42. The number of ether oxygens (including phenoxy) is 1. The van der Waals surface area contributed by atoms with E-state index in [1.165, 1.54) is 0 Å². The Morgan fingerprint density at radius 2 is 2.00 bits per heavy atom. The normalized spacial score (nSPS) is 16.5. The number of likely N-dealkylation sites (N-methyl/N-ethyl adjacent to an activating group) is 1. The zero-order valence-electron chi connectivity index (χ0n) is 14.2. The number of hydrogen-bond acceptors (Lipinski definition) is 4. The number of para-hydroxylation sites is 1. The van der Waals surface area contributed by atoms with Crippen molar-refractivity contribution >= 4 is 5.91 Å². The lowest BCUT2D eigenvalue weighted by molar-refractivity contribution is -0.126. The second-order valence-corrected chi connectivity index (χ2v) is 6.64. The number of amides is 1. The van der Waals surface area contributed by atoms with E-state index >= 15 is 0 Å². The number of rotatable bonds is 8. The minimum Gasteiger partial charge on any atom is -0.492 e. The molecule has 1 aromatic rings. The van der Waals surface area contributed by atoms with Crippen molar-refractivity contribution in [3.63, 3.8) is 0 Å². The average molecular weight is 320 g/mol. The average Bonchev–Trinajstić information content (AvgIpc) is 2.92. The lowest BCUT2D eigenvalue weighted by atomic mass is 9.97. The standard InChI is InChI=1S/C18H28N2O3/c1-20(2)11-12-23-16-8-4-3-7-15(16)14-19-17(21)13-18(22)9-5-6-10-18/h3-4,7-8,22H,5-6,9-14H2,1-2H3,(H,19,21). The molecule has 5 nitrogen and oxygen atoms in total. The Morgan fingerprint density at radius 1 is 1.30 bits per heavy atom. The Labute approximate surface area is 138 Å². The van der Waals surface area contributed by atoms with Gasteiger partial charge in [0.2, 0.25) is 5.91 Å². The monoisotopic (exact) mass is 320 g/mol. The van der Waals surface area contributed by atoms with Crippen LogP contribution in [0.15, 0.2) is 24.3 Å². The van der Waals surface area contributed by atoms with Crippen LogP contribution in [0.2, 0.25) is 0 Å². The molecule has 0 unspecified atom stereocenters. The Bertz CT molecular complexity index is 511. The molecule has 1 fully saturated rings. The van der Waals surface area contributed by atoms with Crippen LogP contribution in [0.5, 0.6) is 5.75 Å². The number of hydrogen-bond donors (Lipinski definition) is 2. The van der Waals surface area contributed by atoms with Crippen molar-refractivity contribution in [2.24, 2.45) is 0 Å². The molecule has 1 saturated carbocycles. The zero-order chi connectivity index (χ0) is 16.7. The predicted molar refractivity (Wildman–Crippen MR) is 90.4 cm³/mol. The fourth-order valence-corrected chi connectivity index (χ4v) is 2.89. The van der Waals surface area contributed by atoms with Gasteiger partial charge >= 0.3 is 0 Å². The molecule has 1 aliphatic carbocycles. The molecular weight excluding hydrogens is 292 g/mol. The summed E-state index contributed by atoms with van der Waals surface area (Å²) in [6, 6.07) is 7.74. The third-order valence-corrected chi connectivity index (χ3v) is 4.27. The van der Waals surface area contributed by atoms with Gasteiger partial charge in [-0.05, 0) is 33.0 Å². The first-order valence-electron chi connectivity index (χ1n) is 8.33. The molecule has 1 aliphatic rings. The first-order chi connectivity index (χ1) is 11.0. The van der Waals surface area contributed by atoms with Crippen LogP contribution in [-0.4, -0.2) is 48.8 Å². The Hall–Kier alpha value is -1.59. The van der Waals surface area contributed by atoms with Gasteiger partial charge in [-0.25, -0.2) is 0 Å². The minimum absolute atomic E-state index is 0.0995. The van der Waals surface area contributed by atoms with Gasteiger partial charge in [0, 0.05) is 18.7 Å². The third-order valence-electron chi connectivity index (χ3n) is 4.27. The predicted octanol–water partition coefficient (Wildman–Crippen LogP) is 1.94. The van der Waals surface area contributed by atoms with Gasteiger partial charge < -0.3 is 20.1 Å². The maximum absolute atomic E-state index is 12.1. The lowest BCUT2D eigenvalue weighted by Crippen LogP contribution is -2.34. The number of carbonyl (C=O) groups excluding carboxylic acids is 1. The molecule has 0 saturated heterocycles.